The lowest BCUT2D eigenvalue weighted by Crippen LogP contribution is -2.52. The van der Waals surface area contributed by atoms with Crippen LogP contribution in [-0.2, 0) is 6.54 Å². The largest absolute Gasteiger partial charge is 0.368 e. The normalized spacial score (nSPS) is 15.8. The minimum atomic E-state index is 0.755. The number of thiophene rings is 1. The second-order valence-corrected chi connectivity index (χ2v) is 6.39. The van der Waals surface area contributed by atoms with Gasteiger partial charge in [-0.2, -0.15) is 11.3 Å². The Labute approximate surface area is 142 Å². The van der Waals surface area contributed by atoms with Crippen LogP contribution in [0.15, 0.2) is 52.2 Å². The van der Waals surface area contributed by atoms with Crippen molar-refractivity contribution >= 4 is 23.0 Å². The number of hydrogen-bond acceptors (Lipinski definition) is 3. The zero-order valence-electron chi connectivity index (χ0n) is 13.6. The van der Waals surface area contributed by atoms with Crippen LogP contribution >= 0.6 is 11.3 Å². The van der Waals surface area contributed by atoms with E-state index in [4.69, 9.17) is 4.99 Å². The van der Waals surface area contributed by atoms with Crippen LogP contribution in [0, 0.1) is 0 Å². The summed E-state index contributed by atoms with van der Waals surface area (Å²) < 4.78 is 0. The highest BCUT2D eigenvalue weighted by atomic mass is 32.1. The summed E-state index contributed by atoms with van der Waals surface area (Å²) in [4.78, 5) is 9.61. The number of para-hydroxylation sites is 1. The number of nitrogens with zero attached hydrogens (tertiary/aromatic N) is 3. The van der Waals surface area contributed by atoms with Gasteiger partial charge in [0.1, 0.15) is 0 Å². The first-order valence-corrected chi connectivity index (χ1v) is 9.15. The molecule has 0 aliphatic carbocycles. The SMILES string of the molecule is CCNC(=NCc1ccsc1)N1CCN(c2ccccc2)CC1. The van der Waals surface area contributed by atoms with Gasteiger partial charge < -0.3 is 15.1 Å². The number of rotatable bonds is 4. The first-order chi connectivity index (χ1) is 11.4. The van der Waals surface area contributed by atoms with Crippen molar-refractivity contribution in [1.82, 2.24) is 10.2 Å². The number of nitrogens with one attached hydrogen (secondary N) is 1. The van der Waals surface area contributed by atoms with Gasteiger partial charge in [0, 0.05) is 38.4 Å². The van der Waals surface area contributed by atoms with E-state index in [1.54, 1.807) is 11.3 Å². The number of guanidine groups is 1. The summed E-state index contributed by atoms with van der Waals surface area (Å²) in [5.41, 5.74) is 2.60. The molecule has 1 N–H and O–H groups in total. The van der Waals surface area contributed by atoms with Gasteiger partial charge in [0.25, 0.3) is 0 Å². The molecular weight excluding hydrogens is 304 g/mol. The van der Waals surface area contributed by atoms with Crippen molar-refractivity contribution < 1.29 is 0 Å². The maximum atomic E-state index is 4.80. The van der Waals surface area contributed by atoms with Gasteiger partial charge in [-0.1, -0.05) is 18.2 Å². The Bertz CT molecular complexity index is 601. The third-order valence-electron chi connectivity index (χ3n) is 4.03. The van der Waals surface area contributed by atoms with Crippen molar-refractivity contribution in [1.29, 1.82) is 0 Å². The lowest BCUT2D eigenvalue weighted by atomic mass is 10.2. The highest BCUT2D eigenvalue weighted by molar-refractivity contribution is 7.07. The van der Waals surface area contributed by atoms with Crippen molar-refractivity contribution in [2.75, 3.05) is 37.6 Å². The minimum absolute atomic E-state index is 0.755. The fraction of sp³-hybridized carbons (Fsp3) is 0.389. The molecule has 3 rings (SSSR count). The number of hydrogen-bond donors (Lipinski definition) is 1. The van der Waals surface area contributed by atoms with E-state index in [0.29, 0.717) is 0 Å². The summed E-state index contributed by atoms with van der Waals surface area (Å²) in [5, 5.41) is 7.70. The second-order valence-electron chi connectivity index (χ2n) is 5.61. The van der Waals surface area contributed by atoms with Gasteiger partial charge in [-0.05, 0) is 41.4 Å². The minimum Gasteiger partial charge on any atom is -0.368 e. The van der Waals surface area contributed by atoms with Gasteiger partial charge in [-0.15, -0.1) is 0 Å². The van der Waals surface area contributed by atoms with E-state index in [1.165, 1.54) is 11.3 Å². The molecule has 5 heteroatoms. The monoisotopic (exact) mass is 328 g/mol. The molecule has 1 aliphatic rings. The van der Waals surface area contributed by atoms with Crippen LogP contribution in [-0.4, -0.2) is 43.6 Å². The quantitative estimate of drug-likeness (QED) is 0.691. The van der Waals surface area contributed by atoms with Gasteiger partial charge in [0.05, 0.1) is 6.54 Å². The summed E-state index contributed by atoms with van der Waals surface area (Å²) in [6, 6.07) is 12.8. The van der Waals surface area contributed by atoms with Gasteiger partial charge in [0.2, 0.25) is 0 Å². The molecule has 1 saturated heterocycles. The molecule has 1 aromatic carbocycles. The van der Waals surface area contributed by atoms with Gasteiger partial charge in [-0.3, -0.25) is 0 Å². The van der Waals surface area contributed by atoms with E-state index < -0.39 is 0 Å². The smallest absolute Gasteiger partial charge is 0.194 e. The molecule has 0 amide bonds. The van der Waals surface area contributed by atoms with Crippen LogP contribution in [0.5, 0.6) is 0 Å². The van der Waals surface area contributed by atoms with Crippen LogP contribution in [0.2, 0.25) is 0 Å². The van der Waals surface area contributed by atoms with Crippen LogP contribution in [0.3, 0.4) is 0 Å². The van der Waals surface area contributed by atoms with Crippen LogP contribution < -0.4 is 10.2 Å². The maximum absolute atomic E-state index is 4.80. The van der Waals surface area contributed by atoms with E-state index in [0.717, 1.165) is 45.2 Å². The zero-order valence-corrected chi connectivity index (χ0v) is 14.4. The van der Waals surface area contributed by atoms with Gasteiger partial charge >= 0.3 is 0 Å². The molecule has 2 heterocycles. The molecule has 0 unspecified atom stereocenters. The predicted octanol–water partition coefficient (Wildman–Crippen LogP) is 3.04. The van der Waals surface area contributed by atoms with Gasteiger partial charge in [-0.25, -0.2) is 4.99 Å². The fourth-order valence-electron chi connectivity index (χ4n) is 2.79. The second kappa shape index (κ2) is 8.02. The molecule has 0 saturated carbocycles. The molecule has 23 heavy (non-hydrogen) atoms. The van der Waals surface area contributed by atoms with Crippen molar-refractivity contribution in [3.05, 3.63) is 52.7 Å². The third-order valence-corrected chi connectivity index (χ3v) is 4.76. The Morgan fingerprint density at radius 2 is 1.91 bits per heavy atom. The molecular formula is C18H24N4S. The van der Waals surface area contributed by atoms with Crippen molar-refractivity contribution in [3.63, 3.8) is 0 Å². The molecule has 122 valence electrons. The van der Waals surface area contributed by atoms with Crippen LogP contribution in [0.25, 0.3) is 0 Å². The Hall–Kier alpha value is -2.01. The highest BCUT2D eigenvalue weighted by Gasteiger charge is 2.19. The van der Waals surface area contributed by atoms with Crippen molar-refractivity contribution in [3.8, 4) is 0 Å². The zero-order chi connectivity index (χ0) is 15.9. The summed E-state index contributed by atoms with van der Waals surface area (Å²) in [6.07, 6.45) is 0. The average Bonchev–Trinajstić information content (AvgIpc) is 3.13. The standard InChI is InChI=1S/C18H24N4S/c1-2-19-18(20-14-16-8-13-23-15-16)22-11-9-21(10-12-22)17-6-4-3-5-7-17/h3-8,13,15H,2,9-12,14H2,1H3,(H,19,20). The Balaban J connectivity index is 1.60. The number of piperazine rings is 1. The summed E-state index contributed by atoms with van der Waals surface area (Å²) in [5.74, 6) is 1.03. The fourth-order valence-corrected chi connectivity index (χ4v) is 3.45. The molecule has 0 radical (unpaired) electrons. The highest BCUT2D eigenvalue weighted by Crippen LogP contribution is 2.15. The Morgan fingerprint density at radius 3 is 2.57 bits per heavy atom. The predicted molar refractivity (Wildman–Crippen MR) is 99.4 cm³/mol. The number of benzene rings is 1. The van der Waals surface area contributed by atoms with Crippen LogP contribution in [0.1, 0.15) is 12.5 Å². The lowest BCUT2D eigenvalue weighted by Gasteiger charge is -2.37. The summed E-state index contributed by atoms with van der Waals surface area (Å²) in [6.45, 7) is 7.86. The van der Waals surface area contributed by atoms with E-state index in [1.807, 2.05) is 0 Å². The van der Waals surface area contributed by atoms with Crippen molar-refractivity contribution in [2.24, 2.45) is 4.99 Å². The Kier molecular flexibility index (Phi) is 5.53. The average molecular weight is 328 g/mol. The van der Waals surface area contributed by atoms with E-state index in [-0.39, 0.29) is 0 Å². The molecule has 1 aromatic heterocycles. The van der Waals surface area contributed by atoms with Gasteiger partial charge in [0.15, 0.2) is 5.96 Å². The molecule has 4 nitrogen and oxygen atoms in total. The van der Waals surface area contributed by atoms with E-state index in [2.05, 4.69) is 69.2 Å². The first-order valence-electron chi connectivity index (χ1n) is 8.21. The molecule has 2 aromatic rings. The number of aliphatic imine (C=N–C) groups is 1. The molecule has 1 aliphatic heterocycles. The first kappa shape index (κ1) is 15.9. The summed E-state index contributed by atoms with van der Waals surface area (Å²) in [7, 11) is 0. The number of anilines is 1. The topological polar surface area (TPSA) is 30.9 Å². The third kappa shape index (κ3) is 4.26. The maximum Gasteiger partial charge on any atom is 0.194 e. The molecule has 0 spiro atoms. The van der Waals surface area contributed by atoms with Crippen LogP contribution in [0.4, 0.5) is 5.69 Å². The Morgan fingerprint density at radius 1 is 1.13 bits per heavy atom. The summed E-state index contributed by atoms with van der Waals surface area (Å²) >= 11 is 1.73. The van der Waals surface area contributed by atoms with Crippen molar-refractivity contribution in [2.45, 2.75) is 13.5 Å². The van der Waals surface area contributed by atoms with E-state index >= 15 is 0 Å². The lowest BCUT2D eigenvalue weighted by molar-refractivity contribution is 0.372. The molecule has 1 fully saturated rings. The van der Waals surface area contributed by atoms with E-state index in [9.17, 15) is 0 Å². The molecule has 0 bridgehead atoms. The molecule has 0 atom stereocenters.